The molecule has 0 aliphatic heterocycles. The number of hydrogen-bond donors (Lipinski definition) is 1. The van der Waals surface area contributed by atoms with E-state index in [-0.39, 0.29) is 17.4 Å². The molecule has 0 atom stereocenters. The first kappa shape index (κ1) is 13.1. The van der Waals surface area contributed by atoms with E-state index < -0.39 is 0 Å². The number of primary amides is 1. The molecular formula is C15H22N2O. The Kier molecular flexibility index (Phi) is 3.71. The van der Waals surface area contributed by atoms with Crippen LogP contribution < -0.4 is 5.73 Å². The van der Waals surface area contributed by atoms with Gasteiger partial charge < -0.3 is 5.73 Å². The van der Waals surface area contributed by atoms with E-state index in [4.69, 9.17) is 5.73 Å². The van der Waals surface area contributed by atoms with Crippen LogP contribution in [0.3, 0.4) is 0 Å². The van der Waals surface area contributed by atoms with Crippen molar-refractivity contribution < 1.29 is 4.79 Å². The molecule has 0 saturated heterocycles. The molecule has 98 valence electrons. The van der Waals surface area contributed by atoms with Crippen molar-refractivity contribution in [1.82, 2.24) is 4.90 Å². The van der Waals surface area contributed by atoms with E-state index in [9.17, 15) is 4.79 Å². The van der Waals surface area contributed by atoms with Gasteiger partial charge >= 0.3 is 0 Å². The lowest BCUT2D eigenvalue weighted by Crippen LogP contribution is -2.45. The van der Waals surface area contributed by atoms with Crippen molar-refractivity contribution >= 4 is 5.91 Å². The zero-order valence-corrected chi connectivity index (χ0v) is 11.2. The van der Waals surface area contributed by atoms with Crippen molar-refractivity contribution in [2.75, 3.05) is 14.1 Å². The molecule has 2 rings (SSSR count). The molecule has 1 aromatic rings. The van der Waals surface area contributed by atoms with Gasteiger partial charge in [0.2, 0.25) is 5.91 Å². The minimum absolute atomic E-state index is 0.0572. The van der Waals surface area contributed by atoms with Crippen molar-refractivity contribution in [3.05, 3.63) is 35.9 Å². The summed E-state index contributed by atoms with van der Waals surface area (Å²) in [5, 5.41) is 0. The smallest absolute Gasteiger partial charge is 0.220 e. The van der Waals surface area contributed by atoms with Gasteiger partial charge in [0.25, 0.3) is 0 Å². The second kappa shape index (κ2) is 5.11. The maximum absolute atomic E-state index is 11.3. The van der Waals surface area contributed by atoms with Gasteiger partial charge in [0.15, 0.2) is 0 Å². The second-order valence-electron chi connectivity index (χ2n) is 5.47. The SMILES string of the molecule is CN(C)C1(c2ccccc2)CCC(C(N)=O)CC1. The maximum atomic E-state index is 11.3. The summed E-state index contributed by atoms with van der Waals surface area (Å²) in [6.07, 6.45) is 3.78. The van der Waals surface area contributed by atoms with Crippen LogP contribution in [0.1, 0.15) is 31.2 Å². The monoisotopic (exact) mass is 246 g/mol. The minimum atomic E-state index is -0.143. The van der Waals surface area contributed by atoms with Crippen molar-refractivity contribution in [3.8, 4) is 0 Å². The average molecular weight is 246 g/mol. The Morgan fingerprint density at radius 1 is 1.22 bits per heavy atom. The van der Waals surface area contributed by atoms with Gasteiger partial charge in [0.1, 0.15) is 0 Å². The van der Waals surface area contributed by atoms with Crippen LogP contribution >= 0.6 is 0 Å². The summed E-state index contributed by atoms with van der Waals surface area (Å²) in [5.74, 6) is -0.0859. The molecule has 2 N–H and O–H groups in total. The van der Waals surface area contributed by atoms with E-state index in [1.54, 1.807) is 0 Å². The molecule has 3 nitrogen and oxygen atoms in total. The fourth-order valence-electron chi connectivity index (χ4n) is 3.12. The van der Waals surface area contributed by atoms with Gasteiger partial charge in [-0.05, 0) is 45.3 Å². The van der Waals surface area contributed by atoms with Crippen LogP contribution in [-0.4, -0.2) is 24.9 Å². The van der Waals surface area contributed by atoms with Crippen LogP contribution in [0.4, 0.5) is 0 Å². The highest BCUT2D eigenvalue weighted by molar-refractivity contribution is 5.76. The first-order chi connectivity index (χ1) is 8.56. The van der Waals surface area contributed by atoms with Crippen molar-refractivity contribution in [3.63, 3.8) is 0 Å². The number of nitrogens with two attached hydrogens (primary N) is 1. The quantitative estimate of drug-likeness (QED) is 0.888. The van der Waals surface area contributed by atoms with Crippen molar-refractivity contribution in [2.45, 2.75) is 31.2 Å². The number of carbonyl (C=O) groups is 1. The van der Waals surface area contributed by atoms with Crippen LogP contribution in [0.2, 0.25) is 0 Å². The Morgan fingerprint density at radius 2 is 1.78 bits per heavy atom. The molecule has 0 radical (unpaired) electrons. The van der Waals surface area contributed by atoms with E-state index in [0.29, 0.717) is 0 Å². The summed E-state index contributed by atoms with van der Waals surface area (Å²) in [6.45, 7) is 0. The lowest BCUT2D eigenvalue weighted by atomic mass is 9.72. The Labute approximate surface area is 109 Å². The molecular weight excluding hydrogens is 224 g/mol. The highest BCUT2D eigenvalue weighted by Gasteiger charge is 2.39. The van der Waals surface area contributed by atoms with Gasteiger partial charge in [-0.1, -0.05) is 30.3 Å². The number of carbonyl (C=O) groups excluding carboxylic acids is 1. The molecule has 1 aliphatic carbocycles. The Balaban J connectivity index is 2.24. The van der Waals surface area contributed by atoms with Gasteiger partial charge in [-0.3, -0.25) is 9.69 Å². The lowest BCUT2D eigenvalue weighted by Gasteiger charge is -2.45. The van der Waals surface area contributed by atoms with Crippen LogP contribution in [0.15, 0.2) is 30.3 Å². The molecule has 0 aromatic heterocycles. The van der Waals surface area contributed by atoms with Gasteiger partial charge in [0.05, 0.1) is 0 Å². The fraction of sp³-hybridized carbons (Fsp3) is 0.533. The summed E-state index contributed by atoms with van der Waals surface area (Å²) >= 11 is 0. The topological polar surface area (TPSA) is 46.3 Å². The van der Waals surface area contributed by atoms with Crippen LogP contribution in [0.25, 0.3) is 0 Å². The molecule has 0 unspecified atom stereocenters. The van der Waals surface area contributed by atoms with E-state index in [1.165, 1.54) is 5.56 Å². The number of benzene rings is 1. The second-order valence-corrected chi connectivity index (χ2v) is 5.47. The third-order valence-electron chi connectivity index (χ3n) is 4.38. The van der Waals surface area contributed by atoms with E-state index in [0.717, 1.165) is 25.7 Å². The van der Waals surface area contributed by atoms with Crippen LogP contribution in [-0.2, 0) is 10.3 Å². The van der Waals surface area contributed by atoms with Crippen LogP contribution in [0, 0.1) is 5.92 Å². The predicted molar refractivity (Wildman–Crippen MR) is 73.0 cm³/mol. The largest absolute Gasteiger partial charge is 0.369 e. The Bertz CT molecular complexity index is 406. The minimum Gasteiger partial charge on any atom is -0.369 e. The summed E-state index contributed by atoms with van der Waals surface area (Å²) in [6, 6.07) is 10.6. The predicted octanol–water partition coefficient (Wildman–Crippen LogP) is 2.12. The van der Waals surface area contributed by atoms with Crippen LogP contribution in [0.5, 0.6) is 0 Å². The molecule has 1 aliphatic rings. The van der Waals surface area contributed by atoms with Gasteiger partial charge in [-0.2, -0.15) is 0 Å². The number of amides is 1. The van der Waals surface area contributed by atoms with Gasteiger partial charge in [0, 0.05) is 11.5 Å². The zero-order valence-electron chi connectivity index (χ0n) is 11.2. The molecule has 0 bridgehead atoms. The molecule has 18 heavy (non-hydrogen) atoms. The van der Waals surface area contributed by atoms with E-state index in [2.05, 4.69) is 43.3 Å². The van der Waals surface area contributed by atoms with Gasteiger partial charge in [-0.15, -0.1) is 0 Å². The van der Waals surface area contributed by atoms with E-state index >= 15 is 0 Å². The standard InChI is InChI=1S/C15H22N2O/c1-17(2)15(13-6-4-3-5-7-13)10-8-12(9-11-15)14(16)18/h3-7,12H,8-11H2,1-2H3,(H2,16,18). The van der Waals surface area contributed by atoms with Crippen molar-refractivity contribution in [1.29, 1.82) is 0 Å². The molecule has 1 aromatic carbocycles. The molecule has 1 fully saturated rings. The third-order valence-corrected chi connectivity index (χ3v) is 4.38. The Morgan fingerprint density at radius 3 is 2.22 bits per heavy atom. The summed E-state index contributed by atoms with van der Waals surface area (Å²) < 4.78 is 0. The zero-order chi connectivity index (χ0) is 13.2. The number of rotatable bonds is 3. The first-order valence-corrected chi connectivity index (χ1v) is 6.58. The first-order valence-electron chi connectivity index (χ1n) is 6.58. The number of nitrogens with zero attached hydrogens (tertiary/aromatic N) is 1. The number of hydrogen-bond acceptors (Lipinski definition) is 2. The summed E-state index contributed by atoms with van der Waals surface area (Å²) in [7, 11) is 4.25. The fourth-order valence-corrected chi connectivity index (χ4v) is 3.12. The maximum Gasteiger partial charge on any atom is 0.220 e. The highest BCUT2D eigenvalue weighted by atomic mass is 16.1. The third kappa shape index (κ3) is 2.27. The Hall–Kier alpha value is -1.35. The van der Waals surface area contributed by atoms with Gasteiger partial charge in [-0.25, -0.2) is 0 Å². The summed E-state index contributed by atoms with van der Waals surface area (Å²) in [5.41, 5.74) is 6.83. The molecule has 0 spiro atoms. The molecule has 0 heterocycles. The lowest BCUT2D eigenvalue weighted by molar-refractivity contribution is -0.123. The summed E-state index contributed by atoms with van der Waals surface area (Å²) in [4.78, 5) is 13.6. The average Bonchev–Trinajstić information content (AvgIpc) is 2.39. The molecule has 1 amide bonds. The highest BCUT2D eigenvalue weighted by Crippen LogP contribution is 2.42. The molecule has 3 heteroatoms. The van der Waals surface area contributed by atoms with E-state index in [1.807, 2.05) is 6.07 Å². The normalized spacial score (nSPS) is 28.3. The van der Waals surface area contributed by atoms with Crippen molar-refractivity contribution in [2.24, 2.45) is 11.7 Å². The molecule has 1 saturated carbocycles.